The second-order valence-corrected chi connectivity index (χ2v) is 5.41. The lowest BCUT2D eigenvalue weighted by Gasteiger charge is -2.09. The third-order valence-corrected chi connectivity index (χ3v) is 3.70. The summed E-state index contributed by atoms with van der Waals surface area (Å²) in [5.74, 6) is -0.472. The molecule has 3 N–H and O–H groups in total. The minimum absolute atomic E-state index is 0.0588. The second-order valence-electron chi connectivity index (χ2n) is 3.73. The number of halogens is 1. The third-order valence-electron chi connectivity index (χ3n) is 2.38. The Kier molecular flexibility index (Phi) is 3.70. The van der Waals surface area contributed by atoms with Crippen molar-refractivity contribution in [1.82, 2.24) is 9.97 Å². The summed E-state index contributed by atoms with van der Waals surface area (Å²) in [6.45, 7) is 0. The molecular weight excluding hydrogens is 287 g/mol. The SMILES string of the molecule is COc1ccc(F)c(NS(=O)(=O)c2cnc(N)nc2)c1. The van der Waals surface area contributed by atoms with Gasteiger partial charge in [0.25, 0.3) is 10.0 Å². The van der Waals surface area contributed by atoms with Gasteiger partial charge < -0.3 is 10.5 Å². The van der Waals surface area contributed by atoms with E-state index in [0.29, 0.717) is 5.75 Å². The zero-order chi connectivity index (χ0) is 14.8. The summed E-state index contributed by atoms with van der Waals surface area (Å²) >= 11 is 0. The summed E-state index contributed by atoms with van der Waals surface area (Å²) in [4.78, 5) is 6.92. The number of nitrogen functional groups attached to an aromatic ring is 1. The number of nitrogens with zero attached hydrogens (tertiary/aromatic N) is 2. The number of methoxy groups -OCH3 is 1. The molecule has 9 heteroatoms. The first-order chi connectivity index (χ1) is 9.42. The maximum atomic E-state index is 13.6. The van der Waals surface area contributed by atoms with Crippen LogP contribution in [0.15, 0.2) is 35.5 Å². The second kappa shape index (κ2) is 5.29. The number of sulfonamides is 1. The summed E-state index contributed by atoms with van der Waals surface area (Å²) in [7, 11) is -2.62. The van der Waals surface area contributed by atoms with Crippen molar-refractivity contribution in [2.24, 2.45) is 0 Å². The minimum Gasteiger partial charge on any atom is -0.497 e. The van der Waals surface area contributed by atoms with E-state index in [2.05, 4.69) is 14.7 Å². The van der Waals surface area contributed by atoms with E-state index >= 15 is 0 Å². The van der Waals surface area contributed by atoms with Gasteiger partial charge >= 0.3 is 0 Å². The number of nitrogens with one attached hydrogen (secondary N) is 1. The molecule has 0 saturated carbocycles. The molecule has 0 unspecified atom stereocenters. The molecule has 0 saturated heterocycles. The average Bonchev–Trinajstić information content (AvgIpc) is 2.41. The lowest BCUT2D eigenvalue weighted by Crippen LogP contribution is -2.15. The van der Waals surface area contributed by atoms with Crippen molar-refractivity contribution in [2.45, 2.75) is 4.90 Å². The van der Waals surface area contributed by atoms with E-state index in [9.17, 15) is 12.8 Å². The van der Waals surface area contributed by atoms with Gasteiger partial charge in [-0.2, -0.15) is 0 Å². The van der Waals surface area contributed by atoms with Crippen LogP contribution >= 0.6 is 0 Å². The summed E-state index contributed by atoms with van der Waals surface area (Å²) in [6, 6.07) is 3.70. The first-order valence-corrected chi connectivity index (χ1v) is 6.84. The van der Waals surface area contributed by atoms with Crippen molar-refractivity contribution >= 4 is 21.7 Å². The van der Waals surface area contributed by atoms with E-state index in [1.165, 1.54) is 19.2 Å². The molecule has 0 aliphatic rings. The molecule has 7 nitrogen and oxygen atoms in total. The van der Waals surface area contributed by atoms with Gasteiger partial charge in [-0.05, 0) is 12.1 Å². The largest absolute Gasteiger partial charge is 0.497 e. The van der Waals surface area contributed by atoms with Crippen LogP contribution < -0.4 is 15.2 Å². The van der Waals surface area contributed by atoms with Crippen molar-refractivity contribution in [3.05, 3.63) is 36.4 Å². The first-order valence-electron chi connectivity index (χ1n) is 5.36. The van der Waals surface area contributed by atoms with Crippen molar-refractivity contribution in [1.29, 1.82) is 0 Å². The van der Waals surface area contributed by atoms with Crippen LogP contribution in [-0.2, 0) is 10.0 Å². The van der Waals surface area contributed by atoms with Gasteiger partial charge in [0, 0.05) is 6.07 Å². The minimum atomic E-state index is -4.00. The van der Waals surface area contributed by atoms with Crippen LogP contribution in [-0.4, -0.2) is 25.5 Å². The molecule has 0 spiro atoms. The van der Waals surface area contributed by atoms with Crippen LogP contribution in [0.2, 0.25) is 0 Å². The fourth-order valence-corrected chi connectivity index (χ4v) is 2.32. The highest BCUT2D eigenvalue weighted by Crippen LogP contribution is 2.23. The number of benzene rings is 1. The molecule has 0 aliphatic carbocycles. The highest BCUT2D eigenvalue weighted by atomic mass is 32.2. The Labute approximate surface area is 114 Å². The molecule has 0 atom stereocenters. The molecular formula is C11H11FN4O3S. The van der Waals surface area contributed by atoms with Crippen molar-refractivity contribution < 1.29 is 17.5 Å². The fourth-order valence-electron chi connectivity index (χ4n) is 1.38. The van der Waals surface area contributed by atoms with Gasteiger partial charge in [0.1, 0.15) is 16.5 Å². The highest BCUT2D eigenvalue weighted by Gasteiger charge is 2.17. The Morgan fingerprint density at radius 2 is 1.95 bits per heavy atom. The Balaban J connectivity index is 2.35. The Bertz CT molecular complexity index is 719. The van der Waals surface area contributed by atoms with E-state index < -0.39 is 15.8 Å². The molecule has 0 bridgehead atoms. The van der Waals surface area contributed by atoms with Crippen LogP contribution in [0.1, 0.15) is 0 Å². The zero-order valence-corrected chi connectivity index (χ0v) is 11.2. The van der Waals surface area contributed by atoms with Crippen LogP contribution in [0.4, 0.5) is 16.0 Å². The van der Waals surface area contributed by atoms with Crippen LogP contribution in [0.3, 0.4) is 0 Å². The van der Waals surface area contributed by atoms with Gasteiger partial charge in [-0.25, -0.2) is 22.8 Å². The van der Waals surface area contributed by atoms with Gasteiger partial charge in [-0.15, -0.1) is 0 Å². The summed E-state index contributed by atoms with van der Waals surface area (Å²) in [5, 5.41) is 0. The molecule has 106 valence electrons. The number of ether oxygens (including phenoxy) is 1. The molecule has 1 aromatic heterocycles. The van der Waals surface area contributed by atoms with Crippen molar-refractivity contribution in [2.75, 3.05) is 17.6 Å². The standard InChI is InChI=1S/C11H11FN4O3S/c1-19-7-2-3-9(12)10(4-7)16-20(17,18)8-5-14-11(13)15-6-8/h2-6,16H,1H3,(H2,13,14,15). The van der Waals surface area contributed by atoms with Crippen LogP contribution in [0, 0.1) is 5.82 Å². The van der Waals surface area contributed by atoms with E-state index in [1.807, 2.05) is 0 Å². The molecule has 1 heterocycles. The van der Waals surface area contributed by atoms with Crippen molar-refractivity contribution in [3.8, 4) is 5.75 Å². The topological polar surface area (TPSA) is 107 Å². The molecule has 1 aromatic carbocycles. The monoisotopic (exact) mass is 298 g/mol. The van der Waals surface area contributed by atoms with Gasteiger partial charge in [0.15, 0.2) is 0 Å². The number of hydrogen-bond acceptors (Lipinski definition) is 6. The molecule has 0 fully saturated rings. The predicted molar refractivity (Wildman–Crippen MR) is 70.2 cm³/mol. The van der Waals surface area contributed by atoms with Crippen LogP contribution in [0.5, 0.6) is 5.75 Å². The molecule has 0 amide bonds. The maximum absolute atomic E-state index is 13.6. The van der Waals surface area contributed by atoms with Gasteiger partial charge in [-0.1, -0.05) is 0 Å². The Hall–Kier alpha value is -2.42. The number of rotatable bonds is 4. The van der Waals surface area contributed by atoms with Crippen LogP contribution in [0.25, 0.3) is 0 Å². The lowest BCUT2D eigenvalue weighted by molar-refractivity contribution is 0.414. The Morgan fingerprint density at radius 3 is 2.55 bits per heavy atom. The van der Waals surface area contributed by atoms with Gasteiger partial charge in [0.05, 0.1) is 25.2 Å². The van der Waals surface area contributed by atoms with E-state index in [4.69, 9.17) is 10.5 Å². The smallest absolute Gasteiger partial charge is 0.265 e. The normalized spacial score (nSPS) is 11.1. The average molecular weight is 298 g/mol. The maximum Gasteiger partial charge on any atom is 0.265 e. The Morgan fingerprint density at radius 1 is 1.30 bits per heavy atom. The van der Waals surface area contributed by atoms with E-state index in [1.54, 1.807) is 0 Å². The molecule has 2 rings (SSSR count). The number of aromatic nitrogens is 2. The summed E-state index contributed by atoms with van der Waals surface area (Å²) in [6.07, 6.45) is 2.06. The van der Waals surface area contributed by atoms with Gasteiger partial charge in [-0.3, -0.25) is 4.72 Å². The summed E-state index contributed by atoms with van der Waals surface area (Å²) in [5.41, 5.74) is 5.04. The zero-order valence-electron chi connectivity index (χ0n) is 10.4. The molecule has 0 radical (unpaired) electrons. The quantitative estimate of drug-likeness (QED) is 0.872. The number of anilines is 2. The highest BCUT2D eigenvalue weighted by molar-refractivity contribution is 7.92. The van der Waals surface area contributed by atoms with E-state index in [-0.39, 0.29) is 16.5 Å². The lowest BCUT2D eigenvalue weighted by atomic mass is 10.3. The summed E-state index contributed by atoms with van der Waals surface area (Å²) < 4.78 is 44.6. The van der Waals surface area contributed by atoms with E-state index in [0.717, 1.165) is 18.5 Å². The first kappa shape index (κ1) is 14.0. The third kappa shape index (κ3) is 2.94. The molecule has 20 heavy (non-hydrogen) atoms. The fraction of sp³-hybridized carbons (Fsp3) is 0.0909. The molecule has 0 aliphatic heterocycles. The number of hydrogen-bond donors (Lipinski definition) is 2. The number of nitrogens with two attached hydrogens (primary N) is 1. The van der Waals surface area contributed by atoms with Crippen molar-refractivity contribution in [3.63, 3.8) is 0 Å². The van der Waals surface area contributed by atoms with Gasteiger partial charge in [0.2, 0.25) is 5.95 Å². The molecule has 2 aromatic rings. The predicted octanol–water partition coefficient (Wildman–Crippen LogP) is 1.01.